The number of hydrogen-bond acceptors (Lipinski definition) is 7. The molecule has 10 nitrogen and oxygen atoms in total. The van der Waals surface area contributed by atoms with Gasteiger partial charge in [-0.3, -0.25) is 14.6 Å². The number of carboxylic acids is 2. The van der Waals surface area contributed by atoms with Crippen LogP contribution in [0.2, 0.25) is 5.02 Å². The summed E-state index contributed by atoms with van der Waals surface area (Å²) < 4.78 is 1.93. The van der Waals surface area contributed by atoms with Crippen LogP contribution in [0.15, 0.2) is 55.0 Å². The van der Waals surface area contributed by atoms with Crippen LogP contribution in [0.1, 0.15) is 11.3 Å². The van der Waals surface area contributed by atoms with E-state index >= 15 is 0 Å². The molecule has 0 aliphatic carbocycles. The van der Waals surface area contributed by atoms with Gasteiger partial charge in [0.05, 0.1) is 11.2 Å². The van der Waals surface area contributed by atoms with Gasteiger partial charge in [-0.1, -0.05) is 29.8 Å². The van der Waals surface area contributed by atoms with Gasteiger partial charge in [0.1, 0.15) is 5.69 Å². The minimum absolute atomic E-state index is 0.558. The van der Waals surface area contributed by atoms with Crippen molar-refractivity contribution in [1.29, 1.82) is 0 Å². The third-order valence-electron chi connectivity index (χ3n) is 5.58. The molecule has 1 aliphatic heterocycles. The molecule has 3 heterocycles. The second kappa shape index (κ2) is 12.1. The lowest BCUT2D eigenvalue weighted by Crippen LogP contribution is -2.46. The van der Waals surface area contributed by atoms with E-state index in [1.807, 2.05) is 42.2 Å². The highest BCUT2D eigenvalue weighted by molar-refractivity contribution is 6.33. The fourth-order valence-corrected chi connectivity index (χ4v) is 3.83. The molecule has 4 rings (SSSR count). The molecule has 1 saturated heterocycles. The highest BCUT2D eigenvalue weighted by Gasteiger charge is 2.23. The zero-order valence-electron chi connectivity index (χ0n) is 19.5. The lowest BCUT2D eigenvalue weighted by atomic mass is 10.1. The second-order valence-corrected chi connectivity index (χ2v) is 8.27. The quantitative estimate of drug-likeness (QED) is 0.493. The lowest BCUT2D eigenvalue weighted by Gasteiger charge is -2.35. The summed E-state index contributed by atoms with van der Waals surface area (Å²) in [4.78, 5) is 33.1. The molecule has 0 spiro atoms. The highest BCUT2D eigenvalue weighted by atomic mass is 35.5. The second-order valence-electron chi connectivity index (χ2n) is 7.86. The third-order valence-corrected chi connectivity index (χ3v) is 5.91. The number of benzene rings is 1. The maximum absolute atomic E-state index is 9.55. The summed E-state index contributed by atoms with van der Waals surface area (Å²) in [7, 11) is 1.99. The van der Waals surface area contributed by atoms with Gasteiger partial charge in [-0.2, -0.15) is 5.10 Å². The van der Waals surface area contributed by atoms with E-state index in [0.29, 0.717) is 17.2 Å². The predicted octanol–water partition coefficient (Wildman–Crippen LogP) is 2.87. The summed E-state index contributed by atoms with van der Waals surface area (Å²) in [5.74, 6) is -1.61. The number of carbonyl (C=O) groups is 2. The Morgan fingerprint density at radius 2 is 1.66 bits per heavy atom. The van der Waals surface area contributed by atoms with E-state index in [-0.39, 0.29) is 0 Å². The van der Waals surface area contributed by atoms with E-state index in [1.165, 1.54) is 11.3 Å². The summed E-state index contributed by atoms with van der Waals surface area (Å²) in [6, 6.07) is 7.80. The molecule has 1 aromatic carbocycles. The van der Waals surface area contributed by atoms with Crippen LogP contribution >= 0.6 is 11.6 Å². The van der Waals surface area contributed by atoms with E-state index < -0.39 is 11.9 Å². The van der Waals surface area contributed by atoms with Crippen LogP contribution in [0.4, 0.5) is 5.82 Å². The van der Waals surface area contributed by atoms with Crippen molar-refractivity contribution in [2.24, 2.45) is 7.05 Å². The average molecular weight is 499 g/mol. The minimum Gasteiger partial charge on any atom is -0.478 e. The van der Waals surface area contributed by atoms with Gasteiger partial charge in [0, 0.05) is 81.1 Å². The first kappa shape index (κ1) is 25.9. The molecule has 35 heavy (non-hydrogen) atoms. The lowest BCUT2D eigenvalue weighted by molar-refractivity contribution is -0.134. The molecule has 11 heteroatoms. The first-order valence-electron chi connectivity index (χ1n) is 10.9. The number of aryl methyl sites for hydroxylation is 1. The summed E-state index contributed by atoms with van der Waals surface area (Å²) in [6.07, 6.45) is 6.56. The Bertz CT molecular complexity index is 1190. The average Bonchev–Trinajstić information content (AvgIpc) is 3.16. The van der Waals surface area contributed by atoms with Gasteiger partial charge in [-0.05, 0) is 13.0 Å². The number of rotatable bonds is 6. The first-order chi connectivity index (χ1) is 16.8. The maximum Gasteiger partial charge on any atom is 0.328 e. The van der Waals surface area contributed by atoms with Crippen molar-refractivity contribution in [1.82, 2.24) is 24.6 Å². The molecule has 0 atom stereocenters. The monoisotopic (exact) mass is 498 g/mol. The van der Waals surface area contributed by atoms with Crippen LogP contribution in [-0.4, -0.2) is 73.0 Å². The van der Waals surface area contributed by atoms with Crippen molar-refractivity contribution >= 4 is 29.4 Å². The SMILES string of the molecule is Cc1c(CN2CCN(c3nccnc3-c3ccccc3Cl)CC2)cnn1C.O=C(O)C=CC(=O)O. The summed E-state index contributed by atoms with van der Waals surface area (Å²) in [5, 5.41) is 20.7. The number of aromatic nitrogens is 4. The van der Waals surface area contributed by atoms with Crippen molar-refractivity contribution in [2.75, 3.05) is 31.1 Å². The molecule has 0 saturated carbocycles. The predicted molar refractivity (Wildman–Crippen MR) is 132 cm³/mol. The zero-order valence-corrected chi connectivity index (χ0v) is 20.3. The van der Waals surface area contributed by atoms with Gasteiger partial charge in [-0.25, -0.2) is 14.6 Å². The zero-order chi connectivity index (χ0) is 25.4. The van der Waals surface area contributed by atoms with Crippen molar-refractivity contribution in [3.05, 3.63) is 71.3 Å². The molecular weight excluding hydrogens is 472 g/mol. The van der Waals surface area contributed by atoms with Crippen LogP contribution in [0, 0.1) is 6.92 Å². The van der Waals surface area contributed by atoms with Crippen LogP contribution < -0.4 is 4.90 Å². The molecule has 0 radical (unpaired) electrons. The van der Waals surface area contributed by atoms with E-state index in [9.17, 15) is 9.59 Å². The highest BCUT2D eigenvalue weighted by Crippen LogP contribution is 2.32. The molecule has 184 valence electrons. The fourth-order valence-electron chi connectivity index (χ4n) is 3.61. The molecule has 2 aromatic heterocycles. The van der Waals surface area contributed by atoms with E-state index in [1.54, 1.807) is 12.4 Å². The van der Waals surface area contributed by atoms with Gasteiger partial charge in [0.15, 0.2) is 5.82 Å². The Morgan fingerprint density at radius 1 is 1.03 bits per heavy atom. The smallest absolute Gasteiger partial charge is 0.328 e. The van der Waals surface area contributed by atoms with Crippen molar-refractivity contribution in [2.45, 2.75) is 13.5 Å². The minimum atomic E-state index is -1.26. The number of aliphatic carboxylic acids is 2. The van der Waals surface area contributed by atoms with Crippen molar-refractivity contribution in [3.63, 3.8) is 0 Å². The summed E-state index contributed by atoms with van der Waals surface area (Å²) >= 11 is 6.40. The molecule has 1 aliphatic rings. The van der Waals surface area contributed by atoms with Gasteiger partial charge in [0.2, 0.25) is 0 Å². The summed E-state index contributed by atoms with van der Waals surface area (Å²) in [5.41, 5.74) is 4.30. The Hall–Kier alpha value is -3.76. The van der Waals surface area contributed by atoms with Gasteiger partial charge in [-0.15, -0.1) is 0 Å². The molecule has 0 unspecified atom stereocenters. The van der Waals surface area contributed by atoms with Crippen molar-refractivity contribution < 1.29 is 19.8 Å². The standard InChI is InChI=1S/C20H23ClN6.C4H4O4/c1-15-16(13-24-25(15)2)14-26-9-11-27(12-10-26)20-19(22-7-8-23-20)17-5-3-4-6-18(17)21;5-3(6)1-2-4(7)8/h3-8,13H,9-12,14H2,1-2H3;1-2H,(H,5,6)(H,7,8). The number of hydrogen-bond donors (Lipinski definition) is 2. The molecule has 2 N–H and O–H groups in total. The molecule has 3 aromatic rings. The van der Waals surface area contributed by atoms with E-state index in [2.05, 4.69) is 31.8 Å². The van der Waals surface area contributed by atoms with E-state index in [0.717, 1.165) is 49.8 Å². The van der Waals surface area contributed by atoms with Crippen LogP contribution in [0.25, 0.3) is 11.3 Å². The third kappa shape index (κ3) is 7.11. The van der Waals surface area contributed by atoms with Gasteiger partial charge < -0.3 is 15.1 Å². The topological polar surface area (TPSA) is 125 Å². The maximum atomic E-state index is 9.55. The molecule has 1 fully saturated rings. The first-order valence-corrected chi connectivity index (χ1v) is 11.3. The number of piperazine rings is 1. The number of anilines is 1. The van der Waals surface area contributed by atoms with Gasteiger partial charge >= 0.3 is 11.9 Å². The summed E-state index contributed by atoms with van der Waals surface area (Å²) in [6.45, 7) is 6.84. The molecular formula is C24H27ClN6O4. The number of nitrogens with zero attached hydrogens (tertiary/aromatic N) is 6. The van der Waals surface area contributed by atoms with Crippen LogP contribution in [-0.2, 0) is 23.2 Å². The fraction of sp³-hybridized carbons (Fsp3) is 0.292. The van der Waals surface area contributed by atoms with E-state index in [4.69, 9.17) is 21.8 Å². The van der Waals surface area contributed by atoms with Gasteiger partial charge in [0.25, 0.3) is 0 Å². The Kier molecular flexibility index (Phi) is 8.93. The number of halogens is 1. The largest absolute Gasteiger partial charge is 0.478 e. The van der Waals surface area contributed by atoms with Crippen LogP contribution in [0.5, 0.6) is 0 Å². The molecule has 0 bridgehead atoms. The Labute approximate surface area is 208 Å². The molecule has 0 amide bonds. The Morgan fingerprint density at radius 3 is 2.23 bits per heavy atom. The van der Waals surface area contributed by atoms with Crippen LogP contribution in [0.3, 0.4) is 0 Å². The number of carboxylic acid groups (broad SMARTS) is 2. The van der Waals surface area contributed by atoms with Crippen molar-refractivity contribution in [3.8, 4) is 11.3 Å². The normalized spacial score (nSPS) is 14.0. The Balaban J connectivity index is 0.000000371.